The number of phenols is 3. The summed E-state index contributed by atoms with van der Waals surface area (Å²) in [6, 6.07) is 29.1. The molecule has 2 aromatic heterocycles. The van der Waals surface area contributed by atoms with Gasteiger partial charge in [0.15, 0.2) is 11.5 Å². The molecule has 11 rings (SSSR count). The van der Waals surface area contributed by atoms with Crippen molar-refractivity contribution in [1.82, 2.24) is 14.9 Å². The number of aromatic amines is 1. The van der Waals surface area contributed by atoms with E-state index >= 15 is 4.79 Å². The first-order valence-corrected chi connectivity index (χ1v) is 29.8. The van der Waals surface area contributed by atoms with Gasteiger partial charge in [-0.25, -0.2) is 0 Å². The molecule has 2 aliphatic heterocycles. The van der Waals surface area contributed by atoms with Crippen LogP contribution < -0.4 is 19.7 Å². The lowest BCUT2D eigenvalue weighted by Crippen LogP contribution is -2.35. The maximum Gasteiger partial charge on any atom is 0.302 e. The average molecular weight is 1150 g/mol. The summed E-state index contributed by atoms with van der Waals surface area (Å²) >= 11 is 0. The lowest BCUT2D eigenvalue weighted by molar-refractivity contribution is -0.148. The molecule has 2 aliphatic carbocycles. The van der Waals surface area contributed by atoms with Crippen molar-refractivity contribution in [3.05, 3.63) is 208 Å². The van der Waals surface area contributed by atoms with E-state index in [1.165, 1.54) is 20.1 Å². The van der Waals surface area contributed by atoms with Crippen LogP contribution in [-0.2, 0) is 38.4 Å². The highest BCUT2D eigenvalue weighted by atomic mass is 16.5. The number of aliphatic hydroxyl groups is 1. The number of carbonyl (C=O) groups is 3. The lowest BCUT2D eigenvalue weighted by Gasteiger charge is -2.38. The number of methoxy groups -OCH3 is 1. The molecule has 5 aromatic carbocycles. The largest absolute Gasteiger partial charge is 0.508 e. The number of carbonyl (C=O) groups excluding carboxylic acids is 3. The number of ether oxygens (including phenoxy) is 3. The van der Waals surface area contributed by atoms with Crippen molar-refractivity contribution < 1.29 is 49.0 Å². The number of hydrogen-bond acceptors (Lipinski definition) is 12. The summed E-state index contributed by atoms with van der Waals surface area (Å²) < 4.78 is 20.8. The molecule has 6 N–H and O–H groups in total. The predicted molar refractivity (Wildman–Crippen MR) is 330 cm³/mol. The number of ketones is 2. The first-order valence-electron chi connectivity index (χ1n) is 29.8. The maximum atomic E-state index is 15.3. The molecule has 7 aromatic rings. The Labute approximate surface area is 496 Å². The zero-order chi connectivity index (χ0) is 59.5. The normalized spacial score (nSPS) is 22.0. The van der Waals surface area contributed by atoms with E-state index in [4.69, 9.17) is 14.2 Å². The third-order valence-electron chi connectivity index (χ3n) is 18.0. The Morgan fingerprint density at radius 3 is 2.45 bits per heavy atom. The van der Waals surface area contributed by atoms with Crippen molar-refractivity contribution >= 4 is 34.0 Å². The van der Waals surface area contributed by atoms with Crippen LogP contribution in [-0.4, -0.2) is 73.8 Å². The average Bonchev–Trinajstić information content (AvgIpc) is 1.82. The molecular formula is C71H76N4O10. The minimum absolute atomic E-state index is 0.00446. The fraction of sp³-hybridized carbons (Fsp3) is 0.338. The van der Waals surface area contributed by atoms with Crippen LogP contribution in [0, 0.1) is 11.3 Å². The highest BCUT2D eigenvalue weighted by molar-refractivity contribution is 6.00. The van der Waals surface area contributed by atoms with Crippen molar-refractivity contribution in [3.63, 3.8) is 0 Å². The Hall–Kier alpha value is -8.75. The summed E-state index contributed by atoms with van der Waals surface area (Å²) in [5.74, 6) is 0.339. The number of aromatic hydroxyl groups is 3. The minimum Gasteiger partial charge on any atom is -0.508 e. The van der Waals surface area contributed by atoms with Gasteiger partial charge in [0.1, 0.15) is 40.7 Å². The minimum atomic E-state index is -0.782. The Morgan fingerprint density at radius 2 is 1.68 bits per heavy atom. The molecule has 440 valence electrons. The molecule has 0 radical (unpaired) electrons. The van der Waals surface area contributed by atoms with Gasteiger partial charge in [-0.15, -0.1) is 0 Å². The molecular weight excluding hydrogens is 1070 g/mol. The van der Waals surface area contributed by atoms with Gasteiger partial charge in [0.25, 0.3) is 0 Å². The number of H-pyrrole nitrogens is 1. The number of nitrogens with one attached hydrogen (secondary N) is 2. The van der Waals surface area contributed by atoms with E-state index in [0.29, 0.717) is 57.2 Å². The van der Waals surface area contributed by atoms with Gasteiger partial charge in [-0.1, -0.05) is 92.8 Å². The Kier molecular flexibility index (Phi) is 17.0. The number of allylic oxidation sites excluding steroid dienone is 6. The third-order valence-corrected chi connectivity index (χ3v) is 18.0. The van der Waals surface area contributed by atoms with Crippen LogP contribution in [0.25, 0.3) is 10.8 Å². The number of esters is 1. The third kappa shape index (κ3) is 12.3. The Bertz CT molecular complexity index is 3780. The highest BCUT2D eigenvalue weighted by Crippen LogP contribution is 2.49. The molecule has 7 atom stereocenters. The SMILES string of the molecule is CCC(c1ccccc1)c1cc(O)cc(Oc2c(O)cc(C3CC(=O)CC(OC(C)=O)CCC4(C=CC=CC4C)Cc4c[nH]cc4CC(c4cccc(O)c4)C4=CCNC(=C4)N(CCC(C)=O)c4ccc5c6c(n3cc46)CCC5O)cc2OC)c1. The summed E-state index contributed by atoms with van der Waals surface area (Å²) in [5, 5.41) is 51.5. The van der Waals surface area contributed by atoms with Crippen molar-refractivity contribution in [1.29, 1.82) is 0 Å². The standard InChI is InChI=1S/C71H76N4O10/c1-6-58(46-14-8-7-9-15-46)49-30-54(79)37-57(31-49)85-70-66(82)33-50(34-67(70)83-5)64-38-55(80)36-56(84-45(4)77)22-26-71(25-11-10-13-43(71)2)39-52-41-72-40-51(52)32-60(47-16-12-17-53(78)29-47)48-23-27-73-68(35-48)74(28-24-44(3)76)62-19-18-59-65(81)21-20-63-69(59)61(62)42-75(63)64/h7-19,23,25,29-31,33-35,37,40-43,56,58,60,64-65,72-73,78-79,81-82H,6,20-22,24,26-28,32,36,38-39H2,1-5H3. The molecule has 85 heavy (non-hydrogen) atoms. The molecule has 14 heteroatoms. The number of benzene rings is 5. The van der Waals surface area contributed by atoms with Gasteiger partial charge in [0.05, 0.1) is 24.9 Å². The summed E-state index contributed by atoms with van der Waals surface area (Å²) in [6.45, 7) is 8.06. The summed E-state index contributed by atoms with van der Waals surface area (Å²) in [6.07, 6.45) is 21.5. The molecule has 7 unspecified atom stereocenters. The zero-order valence-electron chi connectivity index (χ0n) is 49.0. The molecule has 14 nitrogen and oxygen atoms in total. The second kappa shape index (κ2) is 24.8. The zero-order valence-corrected chi connectivity index (χ0v) is 49.0. The number of aromatic nitrogens is 2. The number of rotatable bonds is 12. The summed E-state index contributed by atoms with van der Waals surface area (Å²) in [5.41, 5.74) is 8.64. The van der Waals surface area contributed by atoms with E-state index in [2.05, 4.69) is 101 Å². The first-order chi connectivity index (χ1) is 41.1. The molecule has 4 heterocycles. The number of fused-ring (bicyclic) bond motifs is 4. The number of phenolic OH excluding ortho intramolecular Hbond substituents is 3. The number of Topliss-reactive ketones (excluding diaryl/α,β-unsaturated/α-hetero) is 2. The smallest absolute Gasteiger partial charge is 0.302 e. The van der Waals surface area contributed by atoms with E-state index in [-0.39, 0.29) is 83.1 Å². The molecule has 0 saturated carbocycles. The second-order valence-corrected chi connectivity index (χ2v) is 23.6. The van der Waals surface area contributed by atoms with Gasteiger partial charge >= 0.3 is 5.97 Å². The predicted octanol–water partition coefficient (Wildman–Crippen LogP) is 13.5. The molecule has 4 bridgehead atoms. The maximum absolute atomic E-state index is 15.3. The number of aryl methyl sites for hydroxylation is 1. The van der Waals surface area contributed by atoms with E-state index in [1.54, 1.807) is 31.2 Å². The summed E-state index contributed by atoms with van der Waals surface area (Å²) in [4.78, 5) is 47.0. The van der Waals surface area contributed by atoms with Crippen molar-refractivity contribution in [2.75, 3.05) is 25.1 Å². The van der Waals surface area contributed by atoms with Gasteiger partial charge in [-0.3, -0.25) is 14.4 Å². The molecule has 0 fully saturated rings. The fourth-order valence-electron chi connectivity index (χ4n) is 13.6. The van der Waals surface area contributed by atoms with Crippen LogP contribution in [0.15, 0.2) is 164 Å². The number of anilines is 1. The molecule has 0 saturated heterocycles. The Balaban J connectivity index is 1.08. The van der Waals surface area contributed by atoms with Crippen LogP contribution in [0.5, 0.6) is 34.5 Å². The first kappa shape index (κ1) is 58.0. The lowest BCUT2D eigenvalue weighted by atomic mass is 9.66. The van der Waals surface area contributed by atoms with E-state index in [9.17, 15) is 30.0 Å². The second-order valence-electron chi connectivity index (χ2n) is 23.6. The van der Waals surface area contributed by atoms with Crippen LogP contribution in [0.1, 0.15) is 141 Å². The summed E-state index contributed by atoms with van der Waals surface area (Å²) in [7, 11) is 1.48. The number of nitrogens with zero attached hydrogens (tertiary/aromatic N) is 2. The number of dihydropyridines is 1. The van der Waals surface area contributed by atoms with E-state index in [0.717, 1.165) is 73.3 Å². The van der Waals surface area contributed by atoms with Crippen molar-refractivity contribution in [3.8, 4) is 34.5 Å². The Morgan fingerprint density at radius 1 is 0.859 bits per heavy atom. The topological polar surface area (TPSA) is 196 Å². The van der Waals surface area contributed by atoms with Gasteiger partial charge in [-0.2, -0.15) is 0 Å². The van der Waals surface area contributed by atoms with Crippen LogP contribution >= 0.6 is 0 Å². The van der Waals surface area contributed by atoms with Gasteiger partial charge in [0, 0.05) is 92.2 Å². The number of hydrogen-bond donors (Lipinski definition) is 6. The molecule has 1 spiro atoms. The van der Waals surface area contributed by atoms with Gasteiger partial charge < -0.3 is 54.4 Å². The van der Waals surface area contributed by atoms with E-state index in [1.807, 2.05) is 54.7 Å². The monoisotopic (exact) mass is 1140 g/mol. The van der Waals surface area contributed by atoms with Crippen LogP contribution in [0.3, 0.4) is 0 Å². The highest BCUT2D eigenvalue weighted by Gasteiger charge is 2.38. The van der Waals surface area contributed by atoms with Gasteiger partial charge in [-0.05, 0) is 156 Å². The van der Waals surface area contributed by atoms with Crippen molar-refractivity contribution in [2.45, 2.75) is 122 Å². The van der Waals surface area contributed by atoms with Crippen LogP contribution in [0.4, 0.5) is 5.69 Å². The fourth-order valence-corrected chi connectivity index (χ4v) is 13.6. The van der Waals surface area contributed by atoms with E-state index < -0.39 is 29.6 Å². The van der Waals surface area contributed by atoms with Gasteiger partial charge in [0.2, 0.25) is 5.75 Å². The number of aliphatic hydroxyl groups excluding tert-OH is 1. The molecule has 4 aliphatic rings. The van der Waals surface area contributed by atoms with Crippen molar-refractivity contribution in [2.24, 2.45) is 11.3 Å². The molecule has 0 amide bonds. The quantitative estimate of drug-likeness (QED) is 0.0635. The van der Waals surface area contributed by atoms with Crippen LogP contribution in [0.2, 0.25) is 0 Å².